The summed E-state index contributed by atoms with van der Waals surface area (Å²) in [6.07, 6.45) is -6.57. The molecular formula is C23H25NO7. The van der Waals surface area contributed by atoms with Gasteiger partial charge in [-0.05, 0) is 46.7 Å². The number of aliphatic hydroxyl groups excluding tert-OH is 5. The summed E-state index contributed by atoms with van der Waals surface area (Å²) in [6.45, 7) is 1.23. The number of rotatable bonds is 4. The van der Waals surface area contributed by atoms with Crippen molar-refractivity contribution in [3.8, 4) is 11.1 Å². The monoisotopic (exact) mass is 427 g/mol. The van der Waals surface area contributed by atoms with Crippen LogP contribution in [0.2, 0.25) is 0 Å². The van der Waals surface area contributed by atoms with Crippen LogP contribution < -0.4 is 5.56 Å². The first-order chi connectivity index (χ1) is 14.8. The lowest BCUT2D eigenvalue weighted by Gasteiger charge is -2.42. The Hall–Kier alpha value is -2.59. The van der Waals surface area contributed by atoms with Crippen LogP contribution in [0.4, 0.5) is 0 Å². The zero-order valence-electron chi connectivity index (χ0n) is 16.8. The standard InChI is InChI=1S/C23H25NO7/c1-11-8-13(14-3-2-12-6-7-24-23(30)16(12)9-14)4-5-15(11)18(26)22-21(29)20(28)19(27)17(10-25)31-22/h2-9,17-22,25-29H,10H2,1H3,(H,24,30)/t17-,18-,19-,20?,21?,22-/m1/s1. The lowest BCUT2D eigenvalue weighted by Crippen LogP contribution is -2.59. The highest BCUT2D eigenvalue weighted by Gasteiger charge is 2.46. The molecule has 1 aliphatic heterocycles. The molecule has 1 fully saturated rings. The predicted molar refractivity (Wildman–Crippen MR) is 113 cm³/mol. The van der Waals surface area contributed by atoms with Gasteiger partial charge < -0.3 is 35.3 Å². The molecule has 1 aliphatic rings. The minimum atomic E-state index is -1.55. The van der Waals surface area contributed by atoms with E-state index < -0.39 is 43.2 Å². The van der Waals surface area contributed by atoms with Crippen LogP contribution in [-0.2, 0) is 4.74 Å². The van der Waals surface area contributed by atoms with Gasteiger partial charge >= 0.3 is 0 Å². The number of hydrogen-bond acceptors (Lipinski definition) is 7. The Balaban J connectivity index is 1.64. The molecular weight excluding hydrogens is 402 g/mol. The summed E-state index contributed by atoms with van der Waals surface area (Å²) >= 11 is 0. The lowest BCUT2D eigenvalue weighted by atomic mass is 9.87. The average Bonchev–Trinajstić information content (AvgIpc) is 2.77. The second kappa shape index (κ2) is 8.51. The minimum Gasteiger partial charge on any atom is -0.394 e. The summed E-state index contributed by atoms with van der Waals surface area (Å²) in [5.74, 6) is 0. The van der Waals surface area contributed by atoms with Crippen molar-refractivity contribution in [2.75, 3.05) is 6.61 Å². The summed E-state index contributed by atoms with van der Waals surface area (Å²) in [4.78, 5) is 14.8. The van der Waals surface area contributed by atoms with Gasteiger partial charge in [0.05, 0.1) is 6.61 Å². The van der Waals surface area contributed by atoms with Gasteiger partial charge in [0.25, 0.3) is 5.56 Å². The van der Waals surface area contributed by atoms with Crippen molar-refractivity contribution in [2.45, 2.75) is 43.5 Å². The zero-order valence-corrected chi connectivity index (χ0v) is 16.8. The molecule has 2 unspecified atom stereocenters. The Labute approximate surface area is 178 Å². The molecule has 1 aromatic heterocycles. The van der Waals surface area contributed by atoms with Crippen molar-refractivity contribution in [3.05, 3.63) is 70.1 Å². The first-order valence-electron chi connectivity index (χ1n) is 10.0. The average molecular weight is 427 g/mol. The highest BCUT2D eigenvalue weighted by molar-refractivity contribution is 5.86. The van der Waals surface area contributed by atoms with Crippen LogP contribution in [0.1, 0.15) is 17.2 Å². The van der Waals surface area contributed by atoms with Gasteiger partial charge in [0.15, 0.2) is 0 Å². The molecule has 4 rings (SSSR count). The maximum Gasteiger partial charge on any atom is 0.255 e. The van der Waals surface area contributed by atoms with Gasteiger partial charge in [-0.1, -0.05) is 30.3 Å². The molecule has 1 saturated heterocycles. The van der Waals surface area contributed by atoms with Crippen molar-refractivity contribution in [1.82, 2.24) is 4.98 Å². The second-order valence-corrected chi connectivity index (χ2v) is 7.92. The van der Waals surface area contributed by atoms with E-state index >= 15 is 0 Å². The number of benzene rings is 2. The molecule has 0 spiro atoms. The van der Waals surface area contributed by atoms with E-state index in [0.717, 1.165) is 16.5 Å². The summed E-state index contributed by atoms with van der Waals surface area (Å²) in [7, 11) is 0. The van der Waals surface area contributed by atoms with E-state index in [9.17, 15) is 30.3 Å². The van der Waals surface area contributed by atoms with E-state index in [0.29, 0.717) is 16.5 Å². The van der Waals surface area contributed by atoms with E-state index in [4.69, 9.17) is 4.74 Å². The number of aryl methyl sites for hydroxylation is 1. The maximum atomic E-state index is 12.1. The fourth-order valence-corrected chi connectivity index (χ4v) is 4.12. The lowest BCUT2D eigenvalue weighted by molar-refractivity contribution is -0.250. The summed E-state index contributed by atoms with van der Waals surface area (Å²) in [6, 6.07) is 12.7. The number of aliphatic hydroxyl groups is 5. The topological polar surface area (TPSA) is 143 Å². The number of aromatic amines is 1. The van der Waals surface area contributed by atoms with E-state index in [2.05, 4.69) is 4.98 Å². The molecule has 6 N–H and O–H groups in total. The molecule has 2 aromatic carbocycles. The SMILES string of the molecule is Cc1cc(-c2ccc3cc[nH]c(=O)c3c2)ccc1[C@@H](O)[C@H]1O[C@H](CO)[C@@H](O)C(O)C1O. The van der Waals surface area contributed by atoms with Crippen molar-refractivity contribution in [2.24, 2.45) is 0 Å². The van der Waals surface area contributed by atoms with Crippen molar-refractivity contribution in [1.29, 1.82) is 0 Å². The van der Waals surface area contributed by atoms with Gasteiger partial charge in [0.1, 0.15) is 36.6 Å². The molecule has 2 heterocycles. The number of ether oxygens (including phenoxy) is 1. The molecule has 3 aromatic rings. The number of pyridine rings is 1. The van der Waals surface area contributed by atoms with Crippen molar-refractivity contribution >= 4 is 10.8 Å². The van der Waals surface area contributed by atoms with Gasteiger partial charge in [0, 0.05) is 11.6 Å². The van der Waals surface area contributed by atoms with Crippen LogP contribution in [0, 0.1) is 6.92 Å². The third-order valence-corrected chi connectivity index (χ3v) is 5.94. The molecule has 0 aliphatic carbocycles. The zero-order chi connectivity index (χ0) is 22.3. The molecule has 31 heavy (non-hydrogen) atoms. The highest BCUT2D eigenvalue weighted by atomic mass is 16.6. The molecule has 8 nitrogen and oxygen atoms in total. The molecule has 0 radical (unpaired) electrons. The molecule has 0 bridgehead atoms. The maximum absolute atomic E-state index is 12.1. The Kier molecular flexibility index (Phi) is 5.94. The second-order valence-electron chi connectivity index (χ2n) is 7.92. The van der Waals surface area contributed by atoms with Gasteiger partial charge in [-0.15, -0.1) is 0 Å². The normalized spacial score (nSPS) is 27.4. The Bertz CT molecular complexity index is 1140. The number of fused-ring (bicyclic) bond motifs is 1. The Morgan fingerprint density at radius 1 is 1.00 bits per heavy atom. The number of H-pyrrole nitrogens is 1. The molecule has 0 saturated carbocycles. The predicted octanol–water partition coefficient (Wildman–Crippen LogP) is 0.379. The smallest absolute Gasteiger partial charge is 0.255 e. The Morgan fingerprint density at radius 2 is 1.71 bits per heavy atom. The molecule has 164 valence electrons. The minimum absolute atomic E-state index is 0.175. The van der Waals surface area contributed by atoms with Crippen LogP contribution in [0.5, 0.6) is 0 Å². The summed E-state index contributed by atoms with van der Waals surface area (Å²) < 4.78 is 5.48. The summed E-state index contributed by atoms with van der Waals surface area (Å²) in [5, 5.41) is 51.9. The van der Waals surface area contributed by atoms with Crippen LogP contribution in [-0.4, -0.2) is 67.6 Å². The quantitative estimate of drug-likeness (QED) is 0.353. The fourth-order valence-electron chi connectivity index (χ4n) is 4.12. The summed E-state index contributed by atoms with van der Waals surface area (Å²) in [5.41, 5.74) is 2.69. The van der Waals surface area contributed by atoms with E-state index in [1.165, 1.54) is 0 Å². The van der Waals surface area contributed by atoms with Crippen molar-refractivity contribution < 1.29 is 30.3 Å². The molecule has 8 heteroatoms. The van der Waals surface area contributed by atoms with Gasteiger partial charge in [-0.3, -0.25) is 4.79 Å². The van der Waals surface area contributed by atoms with Gasteiger partial charge in [-0.25, -0.2) is 0 Å². The first-order valence-corrected chi connectivity index (χ1v) is 10.0. The third kappa shape index (κ3) is 3.89. The highest BCUT2D eigenvalue weighted by Crippen LogP contribution is 2.33. The third-order valence-electron chi connectivity index (χ3n) is 5.94. The van der Waals surface area contributed by atoms with Crippen LogP contribution in [0.25, 0.3) is 21.9 Å². The van der Waals surface area contributed by atoms with Crippen LogP contribution in [0.15, 0.2) is 53.5 Å². The van der Waals surface area contributed by atoms with E-state index in [-0.39, 0.29) is 5.56 Å². The van der Waals surface area contributed by atoms with E-state index in [1.54, 1.807) is 31.3 Å². The van der Waals surface area contributed by atoms with Gasteiger partial charge in [-0.2, -0.15) is 0 Å². The van der Waals surface area contributed by atoms with Crippen LogP contribution >= 0.6 is 0 Å². The molecule has 0 amide bonds. The number of hydrogen-bond donors (Lipinski definition) is 6. The van der Waals surface area contributed by atoms with Crippen LogP contribution in [0.3, 0.4) is 0 Å². The van der Waals surface area contributed by atoms with Crippen molar-refractivity contribution in [3.63, 3.8) is 0 Å². The van der Waals surface area contributed by atoms with E-state index in [1.807, 2.05) is 24.3 Å². The molecule has 6 atom stereocenters. The fraction of sp³-hybridized carbons (Fsp3) is 0.348. The largest absolute Gasteiger partial charge is 0.394 e. The first kappa shape index (κ1) is 21.6. The Morgan fingerprint density at radius 3 is 2.42 bits per heavy atom. The number of aromatic nitrogens is 1. The van der Waals surface area contributed by atoms with Gasteiger partial charge in [0.2, 0.25) is 0 Å². The number of nitrogens with one attached hydrogen (secondary N) is 1.